The number of aliphatic hydroxyl groups excluding tert-OH is 1. The van der Waals surface area contributed by atoms with Gasteiger partial charge in [0.15, 0.2) is 0 Å². The molecule has 2 amide bonds. The lowest BCUT2D eigenvalue weighted by Gasteiger charge is -2.30. The van der Waals surface area contributed by atoms with Crippen LogP contribution in [0.25, 0.3) is 0 Å². The highest BCUT2D eigenvalue weighted by molar-refractivity contribution is 5.80. The molecule has 6 heteroatoms. The zero-order chi connectivity index (χ0) is 12.7. The van der Waals surface area contributed by atoms with Gasteiger partial charge in [-0.25, -0.2) is 4.79 Å². The standard InChI is InChI=1S/C11H20N2O4/c1-2-17-10(15)7-12-11(16)13-5-3-9(8-14)4-6-13/h9,14H,2-8H2,1H3,(H,12,16). The van der Waals surface area contributed by atoms with Crippen molar-refractivity contribution in [3.8, 4) is 0 Å². The van der Waals surface area contributed by atoms with Crippen molar-refractivity contribution >= 4 is 12.0 Å². The molecule has 0 atom stereocenters. The topological polar surface area (TPSA) is 78.9 Å². The molecule has 0 radical (unpaired) electrons. The van der Waals surface area contributed by atoms with Crippen LogP contribution in [0.1, 0.15) is 19.8 Å². The Hall–Kier alpha value is -1.30. The maximum atomic E-state index is 11.6. The second-order valence-corrected chi connectivity index (χ2v) is 4.08. The van der Waals surface area contributed by atoms with Crippen molar-refractivity contribution < 1.29 is 19.4 Å². The molecular formula is C11H20N2O4. The van der Waals surface area contributed by atoms with Crippen LogP contribution in [0.5, 0.6) is 0 Å². The van der Waals surface area contributed by atoms with E-state index in [0.29, 0.717) is 25.6 Å². The highest BCUT2D eigenvalue weighted by Crippen LogP contribution is 2.15. The number of ether oxygens (including phenoxy) is 1. The van der Waals surface area contributed by atoms with E-state index < -0.39 is 5.97 Å². The molecule has 1 heterocycles. The number of rotatable bonds is 4. The lowest BCUT2D eigenvalue weighted by Crippen LogP contribution is -2.46. The third-order valence-corrected chi connectivity index (χ3v) is 2.85. The molecule has 0 saturated carbocycles. The van der Waals surface area contributed by atoms with Crippen LogP contribution in [0.2, 0.25) is 0 Å². The second kappa shape index (κ2) is 7.11. The molecule has 98 valence electrons. The molecule has 0 unspecified atom stereocenters. The number of carbonyl (C=O) groups is 2. The van der Waals surface area contributed by atoms with Gasteiger partial charge in [-0.1, -0.05) is 0 Å². The van der Waals surface area contributed by atoms with E-state index in [-0.39, 0.29) is 19.2 Å². The lowest BCUT2D eigenvalue weighted by molar-refractivity contribution is -0.141. The highest BCUT2D eigenvalue weighted by atomic mass is 16.5. The van der Waals surface area contributed by atoms with Crippen molar-refractivity contribution in [2.45, 2.75) is 19.8 Å². The molecule has 1 saturated heterocycles. The van der Waals surface area contributed by atoms with Gasteiger partial charge >= 0.3 is 12.0 Å². The number of amides is 2. The predicted molar refractivity (Wildman–Crippen MR) is 61.4 cm³/mol. The fourth-order valence-corrected chi connectivity index (χ4v) is 1.79. The number of carbonyl (C=O) groups excluding carboxylic acids is 2. The number of hydrogen-bond acceptors (Lipinski definition) is 4. The van der Waals surface area contributed by atoms with Crippen molar-refractivity contribution in [2.75, 3.05) is 32.8 Å². The van der Waals surface area contributed by atoms with Gasteiger partial charge < -0.3 is 20.1 Å². The van der Waals surface area contributed by atoms with E-state index in [2.05, 4.69) is 5.32 Å². The summed E-state index contributed by atoms with van der Waals surface area (Å²) in [6.07, 6.45) is 1.62. The summed E-state index contributed by atoms with van der Waals surface area (Å²) < 4.78 is 4.71. The van der Waals surface area contributed by atoms with Crippen LogP contribution in [0, 0.1) is 5.92 Å². The Labute approximate surface area is 101 Å². The van der Waals surface area contributed by atoms with Gasteiger partial charge in [0.1, 0.15) is 6.54 Å². The van der Waals surface area contributed by atoms with Crippen LogP contribution in [0.15, 0.2) is 0 Å². The number of aliphatic hydroxyl groups is 1. The first-order valence-electron chi connectivity index (χ1n) is 5.96. The van der Waals surface area contributed by atoms with Crippen LogP contribution in [-0.2, 0) is 9.53 Å². The van der Waals surface area contributed by atoms with E-state index in [1.165, 1.54) is 0 Å². The normalized spacial score (nSPS) is 16.7. The molecule has 6 nitrogen and oxygen atoms in total. The van der Waals surface area contributed by atoms with E-state index in [0.717, 1.165) is 12.8 Å². The molecule has 1 fully saturated rings. The summed E-state index contributed by atoms with van der Waals surface area (Å²) in [5, 5.41) is 11.5. The van der Waals surface area contributed by atoms with Gasteiger partial charge in [-0.15, -0.1) is 0 Å². The average Bonchev–Trinajstić information content (AvgIpc) is 2.36. The van der Waals surface area contributed by atoms with E-state index in [4.69, 9.17) is 9.84 Å². The maximum absolute atomic E-state index is 11.6. The highest BCUT2D eigenvalue weighted by Gasteiger charge is 2.22. The molecule has 2 N–H and O–H groups in total. The molecule has 0 spiro atoms. The van der Waals surface area contributed by atoms with Crippen LogP contribution in [0.4, 0.5) is 4.79 Å². The van der Waals surface area contributed by atoms with Crippen molar-refractivity contribution in [1.82, 2.24) is 10.2 Å². The van der Waals surface area contributed by atoms with Crippen molar-refractivity contribution in [2.24, 2.45) is 5.92 Å². The molecule has 0 aromatic carbocycles. The minimum absolute atomic E-state index is 0.0907. The number of nitrogens with zero attached hydrogens (tertiary/aromatic N) is 1. The zero-order valence-corrected chi connectivity index (χ0v) is 10.1. The third kappa shape index (κ3) is 4.60. The summed E-state index contributed by atoms with van der Waals surface area (Å²) in [5.74, 6) is -0.129. The molecular weight excluding hydrogens is 224 g/mol. The minimum atomic E-state index is -0.425. The molecule has 0 aliphatic carbocycles. The predicted octanol–water partition coefficient (Wildman–Crippen LogP) is -0.0366. The summed E-state index contributed by atoms with van der Waals surface area (Å²) >= 11 is 0. The molecule has 1 aliphatic rings. The average molecular weight is 244 g/mol. The summed E-state index contributed by atoms with van der Waals surface area (Å²) in [6, 6.07) is -0.241. The summed E-state index contributed by atoms with van der Waals surface area (Å²) in [4.78, 5) is 24.3. The van der Waals surface area contributed by atoms with Gasteiger partial charge in [0.25, 0.3) is 0 Å². The Kier molecular flexibility index (Phi) is 5.76. The number of nitrogens with one attached hydrogen (secondary N) is 1. The van der Waals surface area contributed by atoms with E-state index in [9.17, 15) is 9.59 Å². The van der Waals surface area contributed by atoms with Gasteiger partial charge in [-0.2, -0.15) is 0 Å². The number of esters is 1. The van der Waals surface area contributed by atoms with E-state index >= 15 is 0 Å². The van der Waals surface area contributed by atoms with Gasteiger partial charge in [0, 0.05) is 19.7 Å². The molecule has 0 bridgehead atoms. The molecule has 0 aromatic heterocycles. The summed E-state index contributed by atoms with van der Waals surface area (Å²) in [6.45, 7) is 3.38. The van der Waals surface area contributed by atoms with Gasteiger partial charge in [0.2, 0.25) is 0 Å². The lowest BCUT2D eigenvalue weighted by atomic mass is 9.98. The molecule has 0 aromatic rings. The van der Waals surface area contributed by atoms with Crippen LogP contribution in [0.3, 0.4) is 0 Å². The fourth-order valence-electron chi connectivity index (χ4n) is 1.79. The van der Waals surface area contributed by atoms with Crippen molar-refractivity contribution in [1.29, 1.82) is 0 Å². The molecule has 1 aliphatic heterocycles. The van der Waals surface area contributed by atoms with E-state index in [1.807, 2.05) is 0 Å². The minimum Gasteiger partial charge on any atom is -0.465 e. The van der Waals surface area contributed by atoms with Gasteiger partial charge in [0.05, 0.1) is 6.61 Å². The van der Waals surface area contributed by atoms with Crippen LogP contribution >= 0.6 is 0 Å². The third-order valence-electron chi connectivity index (χ3n) is 2.85. The number of piperidine rings is 1. The second-order valence-electron chi connectivity index (χ2n) is 4.08. The van der Waals surface area contributed by atoms with Gasteiger partial charge in [-0.3, -0.25) is 4.79 Å². The quantitative estimate of drug-likeness (QED) is 0.680. The Morgan fingerprint density at radius 1 is 1.41 bits per heavy atom. The Morgan fingerprint density at radius 2 is 2.06 bits per heavy atom. The van der Waals surface area contributed by atoms with Crippen LogP contribution in [-0.4, -0.2) is 54.9 Å². The SMILES string of the molecule is CCOC(=O)CNC(=O)N1CCC(CO)CC1. The first-order chi connectivity index (χ1) is 8.17. The smallest absolute Gasteiger partial charge is 0.325 e. The largest absolute Gasteiger partial charge is 0.465 e. The fraction of sp³-hybridized carbons (Fsp3) is 0.818. The zero-order valence-electron chi connectivity index (χ0n) is 10.1. The van der Waals surface area contributed by atoms with E-state index in [1.54, 1.807) is 11.8 Å². The molecule has 1 rings (SSSR count). The number of urea groups is 1. The summed E-state index contributed by atoms with van der Waals surface area (Å²) in [7, 11) is 0. The van der Waals surface area contributed by atoms with Gasteiger partial charge in [-0.05, 0) is 25.7 Å². The van der Waals surface area contributed by atoms with Crippen molar-refractivity contribution in [3.63, 3.8) is 0 Å². The first-order valence-corrected chi connectivity index (χ1v) is 5.96. The summed E-state index contributed by atoms with van der Waals surface area (Å²) in [5.41, 5.74) is 0. The molecule has 17 heavy (non-hydrogen) atoms. The van der Waals surface area contributed by atoms with Crippen LogP contribution < -0.4 is 5.32 Å². The number of likely N-dealkylation sites (tertiary alicyclic amines) is 1. The maximum Gasteiger partial charge on any atom is 0.325 e. The first kappa shape index (κ1) is 13.8. The van der Waals surface area contributed by atoms with Crippen molar-refractivity contribution in [3.05, 3.63) is 0 Å². The number of hydrogen-bond donors (Lipinski definition) is 2. The Bertz CT molecular complexity index is 262. The monoisotopic (exact) mass is 244 g/mol. The Balaban J connectivity index is 2.22. The Morgan fingerprint density at radius 3 is 2.59 bits per heavy atom.